The molecule has 16 atom stereocenters. The number of halogens is 3. The van der Waals surface area contributed by atoms with Crippen LogP contribution in [0.1, 0.15) is 70.8 Å². The van der Waals surface area contributed by atoms with E-state index in [0.29, 0.717) is 0 Å². The number of alkyl halides is 3. The van der Waals surface area contributed by atoms with Gasteiger partial charge in [-0.2, -0.15) is 5.26 Å². The Balaban J connectivity index is 1.00. The van der Waals surface area contributed by atoms with E-state index >= 15 is 4.79 Å². The Hall–Kier alpha value is -7.79. The minimum atomic E-state index is -2.28. The van der Waals surface area contributed by atoms with Gasteiger partial charge in [0, 0.05) is 0 Å². The molecule has 0 radical (unpaired) electrons. The average Bonchev–Trinajstić information content (AvgIpc) is 0.766. The second-order valence-electron chi connectivity index (χ2n) is 28.2. The second-order valence-corrected chi connectivity index (χ2v) is 30.6. The Labute approximate surface area is 659 Å². The highest BCUT2D eigenvalue weighted by atomic mass is 35.6. The molecule has 0 amide bonds. The van der Waals surface area contributed by atoms with Crippen LogP contribution in [0.2, 0.25) is 0 Å². The van der Waals surface area contributed by atoms with Crippen molar-refractivity contribution >= 4 is 40.8 Å². The van der Waals surface area contributed by atoms with Crippen molar-refractivity contribution < 1.29 is 80.6 Å². The van der Waals surface area contributed by atoms with E-state index in [1.165, 1.54) is 0 Å². The second kappa shape index (κ2) is 41.7. The van der Waals surface area contributed by atoms with E-state index in [2.05, 4.69) is 0 Å². The Morgan fingerprint density at radius 2 is 0.600 bits per heavy atom. The smallest absolute Gasteiger partial charge is 0.311 e. The van der Waals surface area contributed by atoms with Crippen molar-refractivity contribution in [2.75, 3.05) is 19.8 Å². The van der Waals surface area contributed by atoms with Gasteiger partial charge in [0.15, 0.2) is 31.1 Å². The van der Waals surface area contributed by atoms with E-state index in [0.717, 1.165) is 50.1 Å². The van der Waals surface area contributed by atoms with Crippen molar-refractivity contribution in [2.45, 2.75) is 182 Å². The summed E-state index contributed by atoms with van der Waals surface area (Å²) >= 11 is 19.8. The lowest BCUT2D eigenvalue weighted by Crippen LogP contribution is -2.67. The number of benzene rings is 9. The van der Waals surface area contributed by atoms with Gasteiger partial charge in [-0.3, -0.25) is 4.79 Å². The fourth-order valence-corrected chi connectivity index (χ4v) is 13.4. The third-order valence-electron chi connectivity index (χ3n) is 18.8. The number of carbonyl (C=O) groups is 1. The van der Waals surface area contributed by atoms with Crippen LogP contribution in [0.15, 0.2) is 273 Å². The minimum absolute atomic E-state index is 0.0250. The summed E-state index contributed by atoms with van der Waals surface area (Å²) < 4.78 is 112. The average molecular weight is 1560 g/mol. The van der Waals surface area contributed by atoms with Gasteiger partial charge in [-0.15, -0.1) is 0 Å². The van der Waals surface area contributed by atoms with Crippen molar-refractivity contribution in [2.24, 2.45) is 5.41 Å². The van der Waals surface area contributed by atoms with E-state index in [4.69, 9.17) is 111 Å². The van der Waals surface area contributed by atoms with Crippen molar-refractivity contribution in [3.05, 3.63) is 323 Å². The van der Waals surface area contributed by atoms with Crippen LogP contribution in [0.25, 0.3) is 0 Å². The quantitative estimate of drug-likeness (QED) is 0.0264. The number of carbonyl (C=O) groups excluding carboxylic acids is 1. The van der Waals surface area contributed by atoms with Crippen molar-refractivity contribution in [3.63, 3.8) is 0 Å². The zero-order valence-corrected chi connectivity index (χ0v) is 64.0. The molecule has 3 heterocycles. The maximum absolute atomic E-state index is 15.0. The molecule has 12 rings (SSSR count). The molecule has 9 aromatic carbocycles. The lowest BCUT2D eigenvalue weighted by molar-refractivity contribution is -0.386. The summed E-state index contributed by atoms with van der Waals surface area (Å²) in [6.45, 7) is 5.62. The standard InChI is InChI=1S/C89H94Cl3NO17/c1-88(2,3)87(94)110-83-80(102-57-69-45-27-11-28-46-69)76(98-53-65-37-19-7-20-38-65)72(60-96-51-63-33-15-5-16-34-63)106-86(83)109-82-79(101-56-68-43-25-10-26-44-68)75(97-52-64-35-17-6-18-36-64)71(59-95-50-62-31-13-4-14-32-62)105-84(82)104-61-73-77(99-54-66-39-21-8-22-40-66)78(100-55-67-41-23-9-24-42-67)81(103-58-70-47-29-12-30-48-70)85(107-73)108-74(49-93)89(90,91)92/h4-48,71-86H,50-61H2,1-3H3/t71-,72-,73-,74?,75-,76-,77-,78-,79+,80+,81+,82+,83+,84+,85-,86-/m1/s1. The highest BCUT2D eigenvalue weighted by Gasteiger charge is 2.58. The molecule has 3 aliphatic rings. The van der Waals surface area contributed by atoms with Gasteiger partial charge in [-0.25, -0.2) is 0 Å². The largest absolute Gasteiger partial charge is 0.454 e. The van der Waals surface area contributed by atoms with Gasteiger partial charge in [-0.1, -0.05) is 308 Å². The van der Waals surface area contributed by atoms with Crippen LogP contribution < -0.4 is 0 Å². The Bertz CT molecular complexity index is 4140. The predicted molar refractivity (Wildman–Crippen MR) is 414 cm³/mol. The third kappa shape index (κ3) is 24.1. The maximum atomic E-state index is 15.0. The van der Waals surface area contributed by atoms with E-state index in [1.54, 1.807) is 20.8 Å². The molecule has 0 spiro atoms. The molecule has 0 aromatic heterocycles. The summed E-state index contributed by atoms with van der Waals surface area (Å²) in [5.74, 6) is -0.589. The zero-order chi connectivity index (χ0) is 76.3. The molecular formula is C89H94Cl3NO17. The van der Waals surface area contributed by atoms with Gasteiger partial charge < -0.3 is 75.8 Å². The van der Waals surface area contributed by atoms with Crippen LogP contribution in [-0.4, -0.2) is 128 Å². The SMILES string of the molecule is CC(C)(C)C(=O)O[C@@H]1[C@@H](O[C@@H]2[C@@H](OC[C@H]3O[C@H](OC(C#N)C(Cl)(Cl)Cl)[C@@H](OCc4ccccc4)[C@H](OCc4ccccc4)[C@@H]3OCc3ccccc3)O[C@H](COCc3ccccc3)[C@@H](OCc3ccccc3)[C@@H]2OCc2ccccc2)O[C@H](COCc2ccccc2)[C@@H](OCc2ccccc2)[C@@H]1OCc1ccccc1. The first-order valence-corrected chi connectivity index (χ1v) is 38.2. The molecule has 3 fully saturated rings. The molecule has 0 N–H and O–H groups in total. The molecule has 578 valence electrons. The summed E-state index contributed by atoms with van der Waals surface area (Å²) in [7, 11) is 0. The van der Waals surface area contributed by atoms with E-state index < -0.39 is 120 Å². The Kier molecular flexibility index (Phi) is 30.9. The molecular weight excluding hydrogens is 1460 g/mol. The molecule has 0 bridgehead atoms. The number of nitriles is 1. The fraction of sp³-hybridized carbons (Fsp3) is 0.371. The van der Waals surface area contributed by atoms with Crippen LogP contribution in [0.3, 0.4) is 0 Å². The van der Waals surface area contributed by atoms with E-state index in [1.807, 2.05) is 279 Å². The van der Waals surface area contributed by atoms with Gasteiger partial charge >= 0.3 is 5.97 Å². The van der Waals surface area contributed by atoms with Crippen LogP contribution in [0, 0.1) is 16.7 Å². The van der Waals surface area contributed by atoms with Gasteiger partial charge in [0.05, 0.1) is 90.8 Å². The number of nitrogens with zero attached hydrogens (tertiary/aromatic N) is 1. The number of hydrogen-bond donors (Lipinski definition) is 0. The lowest BCUT2D eigenvalue weighted by Gasteiger charge is -2.50. The van der Waals surface area contributed by atoms with Crippen molar-refractivity contribution in [1.82, 2.24) is 0 Å². The van der Waals surface area contributed by atoms with Crippen LogP contribution in [-0.2, 0) is 140 Å². The molecule has 1 unspecified atom stereocenters. The fourth-order valence-electron chi connectivity index (χ4n) is 13.1. The van der Waals surface area contributed by atoms with E-state index in [9.17, 15) is 5.26 Å². The summed E-state index contributed by atoms with van der Waals surface area (Å²) in [6.07, 6.45) is -19.9. The predicted octanol–water partition coefficient (Wildman–Crippen LogP) is 16.3. The Morgan fingerprint density at radius 1 is 0.336 bits per heavy atom. The first-order chi connectivity index (χ1) is 53.7. The summed E-state index contributed by atoms with van der Waals surface area (Å²) in [5.41, 5.74) is 6.60. The molecule has 110 heavy (non-hydrogen) atoms. The lowest BCUT2D eigenvalue weighted by atomic mass is 9.94. The van der Waals surface area contributed by atoms with E-state index in [-0.39, 0.29) is 72.7 Å². The maximum Gasteiger partial charge on any atom is 0.311 e. The molecule has 3 aliphatic heterocycles. The van der Waals surface area contributed by atoms with Gasteiger partial charge in [0.2, 0.25) is 3.79 Å². The summed E-state index contributed by atoms with van der Waals surface area (Å²) in [4.78, 5) is 15.0. The van der Waals surface area contributed by atoms with Crippen molar-refractivity contribution in [3.8, 4) is 6.07 Å². The molecule has 0 saturated carbocycles. The van der Waals surface area contributed by atoms with Gasteiger partial charge in [0.1, 0.15) is 67.1 Å². The van der Waals surface area contributed by atoms with Crippen LogP contribution in [0.5, 0.6) is 0 Å². The number of rotatable bonds is 37. The first-order valence-electron chi connectivity index (χ1n) is 37.1. The Morgan fingerprint density at radius 3 is 0.909 bits per heavy atom. The number of esters is 1. The number of ether oxygens (including phenoxy) is 16. The monoisotopic (exact) mass is 1550 g/mol. The molecule has 18 nitrogen and oxygen atoms in total. The third-order valence-corrected chi connectivity index (χ3v) is 19.4. The van der Waals surface area contributed by atoms with Crippen molar-refractivity contribution in [1.29, 1.82) is 5.26 Å². The van der Waals surface area contributed by atoms with Crippen LogP contribution >= 0.6 is 34.8 Å². The minimum Gasteiger partial charge on any atom is -0.454 e. The van der Waals surface area contributed by atoms with Gasteiger partial charge in [0.25, 0.3) is 0 Å². The van der Waals surface area contributed by atoms with Crippen LogP contribution in [0.4, 0.5) is 0 Å². The molecule has 21 heteroatoms. The number of hydrogen-bond acceptors (Lipinski definition) is 18. The van der Waals surface area contributed by atoms with Gasteiger partial charge in [-0.05, 0) is 70.8 Å². The highest BCUT2D eigenvalue weighted by molar-refractivity contribution is 6.68. The highest BCUT2D eigenvalue weighted by Crippen LogP contribution is 2.41. The normalized spacial score (nSPS) is 24.6. The first kappa shape index (κ1) is 81.7. The summed E-state index contributed by atoms with van der Waals surface area (Å²) in [5, 5.41) is 10.8. The molecule has 3 saturated heterocycles. The zero-order valence-electron chi connectivity index (χ0n) is 61.7. The molecule has 0 aliphatic carbocycles. The topological polar surface area (TPSA) is 189 Å². The summed E-state index contributed by atoms with van der Waals surface area (Å²) in [6, 6.07) is 89.3. The molecule has 9 aromatic rings.